The van der Waals surface area contributed by atoms with Gasteiger partial charge < -0.3 is 19.9 Å². The van der Waals surface area contributed by atoms with Crippen molar-refractivity contribution in [2.75, 3.05) is 46.0 Å². The summed E-state index contributed by atoms with van der Waals surface area (Å²) in [7, 11) is -9.16. The second-order valence-electron chi connectivity index (χ2n) is 14.2. The Balaban J connectivity index is 0.000000225. The van der Waals surface area contributed by atoms with E-state index in [2.05, 4.69) is 20.0 Å². The SMILES string of the molecule is C.Clc1ccc2c(c1)NCCO2.O=C(O)c1ncc(Cl)cc1NS(=O)(=O)c1ccc(Cl)c(C(F)(F)F)c1.O=C(c1ncc(Cl)cc1NS(=O)(=O)c1ccc(Cl)c(C(F)(F)F)c1)N1CCOc2ccc(Cl)cc21. The monoisotopic (exact) mass is 1160 g/mol. The molecule has 0 atom stereocenters. The number of hydrogen-bond donors (Lipinski definition) is 4. The van der Waals surface area contributed by atoms with Crippen LogP contribution in [-0.4, -0.2) is 70.1 Å². The molecular formula is C43H32Cl6F6N6O9S2. The lowest BCUT2D eigenvalue weighted by molar-refractivity contribution is -0.138. The fourth-order valence-corrected chi connectivity index (χ4v) is 9.47. The van der Waals surface area contributed by atoms with Crippen molar-refractivity contribution in [1.82, 2.24) is 9.97 Å². The Morgan fingerprint density at radius 3 is 1.61 bits per heavy atom. The lowest BCUT2D eigenvalue weighted by Crippen LogP contribution is -2.38. The van der Waals surface area contributed by atoms with Gasteiger partial charge in [-0.1, -0.05) is 77.0 Å². The van der Waals surface area contributed by atoms with E-state index in [1.165, 1.54) is 11.0 Å². The predicted molar refractivity (Wildman–Crippen MR) is 261 cm³/mol. The number of fused-ring (bicyclic) bond motifs is 2. The van der Waals surface area contributed by atoms with E-state index in [0.29, 0.717) is 28.6 Å². The summed E-state index contributed by atoms with van der Waals surface area (Å²) >= 11 is 34.5. The van der Waals surface area contributed by atoms with Crippen LogP contribution >= 0.6 is 69.6 Å². The standard InChI is InChI=1S/C21H13Cl3F3N3O4S.C13H7Cl2F3N2O4S.C8H8ClNO.CH4/c22-11-1-4-18-17(8-11)30(5-6-34-18)20(31)19-16(7-12(23)10-28-19)29-35(32,33)13-2-3-15(24)14(9-13)21(25,26)27;14-6-3-10(11(12(21)22)19-5-6)20-25(23,24)7-1-2-9(15)8(4-7)13(16,17)18;9-6-1-2-8-7(5-6)10-3-4-11-8;/h1-4,7-10,29H,5-6H2;1-5,20H,(H,21,22);1-2,5,10H,3-4H2;1H4. The molecule has 0 bridgehead atoms. The van der Waals surface area contributed by atoms with Crippen LogP contribution in [0.4, 0.5) is 49.1 Å². The van der Waals surface area contributed by atoms with Crippen molar-refractivity contribution in [2.45, 2.75) is 29.6 Å². The molecule has 0 fully saturated rings. The van der Waals surface area contributed by atoms with E-state index in [4.69, 9.17) is 84.2 Å². The lowest BCUT2D eigenvalue weighted by atomic mass is 10.2. The van der Waals surface area contributed by atoms with Crippen molar-refractivity contribution in [3.63, 3.8) is 0 Å². The summed E-state index contributed by atoms with van der Waals surface area (Å²) in [4.78, 5) is 31.7. The molecule has 72 heavy (non-hydrogen) atoms. The lowest BCUT2D eigenvalue weighted by Gasteiger charge is -2.30. The molecule has 0 aliphatic carbocycles. The summed E-state index contributed by atoms with van der Waals surface area (Å²) in [5, 5.41) is 11.8. The average Bonchev–Trinajstić information content (AvgIpc) is 3.28. The molecule has 4 aromatic carbocycles. The Kier molecular flexibility index (Phi) is 18.3. The maximum absolute atomic E-state index is 13.4. The Hall–Kier alpha value is -5.66. The summed E-state index contributed by atoms with van der Waals surface area (Å²) in [5.41, 5.74) is -3.18. The molecule has 2 aliphatic rings. The average molecular weight is 1170 g/mol. The smallest absolute Gasteiger partial charge is 0.417 e. The number of pyridine rings is 2. The van der Waals surface area contributed by atoms with E-state index in [9.17, 15) is 52.8 Å². The first kappa shape index (κ1) is 57.2. The van der Waals surface area contributed by atoms with E-state index in [-0.39, 0.29) is 42.0 Å². The third-order valence-corrected chi connectivity index (χ3v) is 13.6. The molecule has 2 aromatic heterocycles. The van der Waals surface area contributed by atoms with Gasteiger partial charge in [0.15, 0.2) is 11.4 Å². The zero-order valence-corrected chi connectivity index (χ0v) is 41.1. The Labute approximate surface area is 436 Å². The highest BCUT2D eigenvalue weighted by molar-refractivity contribution is 7.93. The highest BCUT2D eigenvalue weighted by Gasteiger charge is 2.36. The number of carboxylic acid groups (broad SMARTS) is 1. The number of alkyl halides is 6. The minimum absolute atomic E-state index is 0. The fraction of sp³-hybridized carbons (Fsp3) is 0.163. The van der Waals surface area contributed by atoms with Crippen molar-refractivity contribution in [1.29, 1.82) is 0 Å². The van der Waals surface area contributed by atoms with Crippen LogP contribution in [0.1, 0.15) is 39.5 Å². The fourth-order valence-electron chi connectivity index (χ4n) is 6.20. The van der Waals surface area contributed by atoms with E-state index < -0.39 is 86.6 Å². The first-order valence-corrected chi connectivity index (χ1v) is 24.6. The summed E-state index contributed by atoms with van der Waals surface area (Å²) in [6.07, 6.45) is -7.64. The van der Waals surface area contributed by atoms with E-state index in [1.807, 2.05) is 22.9 Å². The predicted octanol–water partition coefficient (Wildman–Crippen LogP) is 12.6. The number of benzene rings is 4. The summed E-state index contributed by atoms with van der Waals surface area (Å²) < 4.78 is 144. The number of nitrogens with zero attached hydrogens (tertiary/aromatic N) is 3. The first-order chi connectivity index (χ1) is 33.1. The number of sulfonamides is 2. The van der Waals surface area contributed by atoms with Crippen molar-refractivity contribution in [3.05, 3.63) is 150 Å². The van der Waals surface area contributed by atoms with Crippen LogP contribution in [0.15, 0.2) is 107 Å². The zero-order valence-electron chi connectivity index (χ0n) is 35.0. The van der Waals surface area contributed by atoms with E-state index >= 15 is 0 Å². The van der Waals surface area contributed by atoms with Gasteiger partial charge >= 0.3 is 18.3 Å². The largest absolute Gasteiger partial charge is 0.490 e. The number of anilines is 4. The molecule has 8 rings (SSSR count). The number of carbonyl (C=O) groups excluding carboxylic acids is 1. The number of aromatic carboxylic acids is 1. The molecule has 0 radical (unpaired) electrons. The zero-order chi connectivity index (χ0) is 52.2. The van der Waals surface area contributed by atoms with Gasteiger partial charge in [0.25, 0.3) is 26.0 Å². The van der Waals surface area contributed by atoms with Crippen LogP contribution in [0.5, 0.6) is 11.5 Å². The van der Waals surface area contributed by atoms with Crippen LogP contribution in [0, 0.1) is 0 Å². The van der Waals surface area contributed by atoms with Gasteiger partial charge in [0, 0.05) is 29.0 Å². The number of amides is 1. The number of halogens is 12. The molecular weight excluding hydrogens is 1140 g/mol. The normalized spacial score (nSPS) is 13.1. The van der Waals surface area contributed by atoms with Crippen LogP contribution < -0.4 is 29.1 Å². The first-order valence-electron chi connectivity index (χ1n) is 19.4. The molecule has 384 valence electrons. The molecule has 4 heterocycles. The van der Waals surface area contributed by atoms with Crippen LogP contribution in [-0.2, 0) is 32.4 Å². The highest BCUT2D eigenvalue weighted by atomic mass is 35.5. The maximum Gasteiger partial charge on any atom is 0.417 e. The molecule has 0 spiro atoms. The van der Waals surface area contributed by atoms with Crippen molar-refractivity contribution in [2.24, 2.45) is 0 Å². The maximum atomic E-state index is 13.4. The van der Waals surface area contributed by atoms with E-state index in [1.54, 1.807) is 12.1 Å². The number of nitrogens with one attached hydrogen (secondary N) is 3. The minimum atomic E-state index is -4.88. The summed E-state index contributed by atoms with van der Waals surface area (Å²) in [5.74, 6) is -0.994. The molecule has 0 saturated carbocycles. The van der Waals surface area contributed by atoms with E-state index in [0.717, 1.165) is 78.4 Å². The van der Waals surface area contributed by atoms with Gasteiger partial charge in [-0.15, -0.1) is 0 Å². The van der Waals surface area contributed by atoms with Gasteiger partial charge in [0.2, 0.25) is 0 Å². The van der Waals surface area contributed by atoms with Gasteiger partial charge in [0.05, 0.1) is 70.3 Å². The molecule has 2 aliphatic heterocycles. The van der Waals surface area contributed by atoms with Gasteiger partial charge in [-0.2, -0.15) is 26.3 Å². The number of hydrogen-bond acceptors (Lipinski definition) is 11. The molecule has 0 unspecified atom stereocenters. The van der Waals surface area contributed by atoms with Crippen molar-refractivity contribution in [3.8, 4) is 11.5 Å². The number of aromatic nitrogens is 2. The molecule has 1 amide bonds. The minimum Gasteiger partial charge on any atom is -0.490 e. The second kappa shape index (κ2) is 23.0. The number of rotatable bonds is 8. The number of carbonyl (C=O) groups is 2. The Bertz CT molecular complexity index is 3270. The molecule has 29 heteroatoms. The number of ether oxygens (including phenoxy) is 2. The van der Waals surface area contributed by atoms with Crippen LogP contribution in [0.3, 0.4) is 0 Å². The molecule has 6 aromatic rings. The van der Waals surface area contributed by atoms with Gasteiger partial charge in [0.1, 0.15) is 24.7 Å². The second-order valence-corrected chi connectivity index (χ2v) is 20.2. The van der Waals surface area contributed by atoms with Crippen molar-refractivity contribution >= 4 is 124 Å². The topological polar surface area (TPSA) is 206 Å². The molecule has 4 N–H and O–H groups in total. The Morgan fingerprint density at radius 1 is 0.625 bits per heavy atom. The van der Waals surface area contributed by atoms with Gasteiger partial charge in [-0.05, 0) is 84.9 Å². The van der Waals surface area contributed by atoms with Crippen molar-refractivity contribution < 1.29 is 67.3 Å². The van der Waals surface area contributed by atoms with Gasteiger partial charge in [-0.3, -0.25) is 19.1 Å². The third kappa shape index (κ3) is 14.1. The Morgan fingerprint density at radius 2 is 1.10 bits per heavy atom. The van der Waals surface area contributed by atoms with Gasteiger partial charge in [-0.25, -0.2) is 31.6 Å². The van der Waals surface area contributed by atoms with Crippen LogP contribution in [0.25, 0.3) is 0 Å². The third-order valence-electron chi connectivity index (χ3n) is 9.36. The quantitative estimate of drug-likeness (QED) is 0.105. The highest BCUT2D eigenvalue weighted by Crippen LogP contribution is 2.39. The summed E-state index contributed by atoms with van der Waals surface area (Å²) in [6, 6.07) is 16.4. The van der Waals surface area contributed by atoms with Crippen LogP contribution in [0.2, 0.25) is 30.1 Å². The molecule has 0 saturated heterocycles. The molecule has 15 nitrogen and oxygen atoms in total. The summed E-state index contributed by atoms with van der Waals surface area (Å²) in [6.45, 7) is 1.84. The number of carboxylic acids is 1.